The van der Waals surface area contributed by atoms with Crippen LogP contribution in [0.1, 0.15) is 21.5 Å². The minimum absolute atomic E-state index is 0.198. The molecule has 0 saturated carbocycles. The zero-order valence-corrected chi connectivity index (χ0v) is 15.9. The number of rotatable bonds is 4. The minimum Gasteiger partial charge on any atom is -0.489 e. The molecule has 0 saturated heterocycles. The molecule has 3 nitrogen and oxygen atoms in total. The van der Waals surface area contributed by atoms with Crippen LogP contribution >= 0.6 is 23.2 Å². The maximum absolute atomic E-state index is 13.0. The van der Waals surface area contributed by atoms with E-state index in [1.54, 1.807) is 54.6 Å². The normalized spacial score (nSPS) is 14.1. The predicted octanol–water partition coefficient (Wildman–Crippen LogP) is 6.33. The summed E-state index contributed by atoms with van der Waals surface area (Å²) in [6.07, 6.45) is 1.61. The van der Waals surface area contributed by atoms with Gasteiger partial charge in [0.1, 0.15) is 23.9 Å². The number of benzene rings is 3. The van der Waals surface area contributed by atoms with E-state index in [0.29, 0.717) is 32.7 Å². The molecular formula is C22H13Cl2FO3. The minimum atomic E-state index is -0.297. The zero-order chi connectivity index (χ0) is 19.7. The average Bonchev–Trinajstić information content (AvgIpc) is 2.99. The van der Waals surface area contributed by atoms with Crippen molar-refractivity contribution in [3.05, 3.63) is 99.0 Å². The Morgan fingerprint density at radius 2 is 1.75 bits per heavy atom. The summed E-state index contributed by atoms with van der Waals surface area (Å²) in [5.41, 5.74) is 2.00. The van der Waals surface area contributed by atoms with Crippen molar-refractivity contribution in [3.63, 3.8) is 0 Å². The van der Waals surface area contributed by atoms with Crippen molar-refractivity contribution in [2.45, 2.75) is 6.61 Å². The van der Waals surface area contributed by atoms with Gasteiger partial charge in [-0.2, -0.15) is 0 Å². The van der Waals surface area contributed by atoms with Gasteiger partial charge in [-0.25, -0.2) is 4.39 Å². The molecule has 0 fully saturated rings. The molecule has 1 aliphatic heterocycles. The van der Waals surface area contributed by atoms with Gasteiger partial charge < -0.3 is 9.47 Å². The largest absolute Gasteiger partial charge is 0.489 e. The maximum atomic E-state index is 13.0. The molecule has 6 heteroatoms. The van der Waals surface area contributed by atoms with Crippen molar-refractivity contribution in [2.75, 3.05) is 0 Å². The first-order valence-electron chi connectivity index (χ1n) is 8.40. The summed E-state index contributed by atoms with van der Waals surface area (Å²) in [6.45, 7) is 0.277. The van der Waals surface area contributed by atoms with Crippen molar-refractivity contribution >= 4 is 35.1 Å². The fraction of sp³-hybridized carbons (Fsp3) is 0.0455. The summed E-state index contributed by atoms with van der Waals surface area (Å²) in [7, 11) is 0. The molecule has 0 aliphatic carbocycles. The van der Waals surface area contributed by atoms with Crippen LogP contribution in [0, 0.1) is 5.82 Å². The lowest BCUT2D eigenvalue weighted by atomic mass is 10.1. The summed E-state index contributed by atoms with van der Waals surface area (Å²) >= 11 is 11.9. The molecule has 1 aliphatic rings. The Balaban J connectivity index is 1.51. The van der Waals surface area contributed by atoms with E-state index < -0.39 is 0 Å². The summed E-state index contributed by atoms with van der Waals surface area (Å²) in [5, 5.41) is 0.837. The fourth-order valence-corrected chi connectivity index (χ4v) is 3.06. The Kier molecular flexibility index (Phi) is 5.07. The lowest BCUT2D eigenvalue weighted by Gasteiger charge is -2.07. The number of carbonyl (C=O) groups excluding carboxylic acids is 1. The van der Waals surface area contributed by atoms with Gasteiger partial charge in [0, 0.05) is 6.07 Å². The highest BCUT2D eigenvalue weighted by molar-refractivity contribution is 6.42. The van der Waals surface area contributed by atoms with E-state index in [1.807, 2.05) is 0 Å². The van der Waals surface area contributed by atoms with Crippen LogP contribution < -0.4 is 9.47 Å². The molecule has 0 N–H and O–H groups in total. The van der Waals surface area contributed by atoms with Crippen LogP contribution in [0.25, 0.3) is 6.08 Å². The van der Waals surface area contributed by atoms with Gasteiger partial charge in [-0.05, 0) is 53.6 Å². The quantitative estimate of drug-likeness (QED) is 0.468. The molecule has 0 radical (unpaired) electrons. The number of allylic oxidation sites excluding steroid dienone is 1. The number of Topliss-reactive ketones (excluding diaryl/α,β-unsaturated/α-hetero) is 1. The SMILES string of the molecule is O=C1/C(=C/c2ccc(Cl)c(Cl)c2)Oc2cc(OCc3ccc(F)cc3)ccc21. The Hall–Kier alpha value is -2.82. The molecule has 3 aromatic rings. The van der Waals surface area contributed by atoms with Crippen LogP contribution in [-0.4, -0.2) is 5.78 Å². The van der Waals surface area contributed by atoms with Gasteiger partial charge in [0.15, 0.2) is 5.76 Å². The first-order valence-corrected chi connectivity index (χ1v) is 9.16. The third kappa shape index (κ3) is 3.88. The predicted molar refractivity (Wildman–Crippen MR) is 107 cm³/mol. The first-order chi connectivity index (χ1) is 13.5. The van der Waals surface area contributed by atoms with Crippen LogP contribution in [0.15, 0.2) is 66.4 Å². The first kappa shape index (κ1) is 18.5. The van der Waals surface area contributed by atoms with E-state index >= 15 is 0 Å². The van der Waals surface area contributed by atoms with Crippen molar-refractivity contribution < 1.29 is 18.7 Å². The van der Waals surface area contributed by atoms with Crippen molar-refractivity contribution in [1.29, 1.82) is 0 Å². The van der Waals surface area contributed by atoms with E-state index in [2.05, 4.69) is 0 Å². The standard InChI is InChI=1S/C22H13Cl2FO3/c23-18-8-3-14(9-19(18)24)10-21-22(26)17-7-6-16(11-20(17)28-21)27-12-13-1-4-15(25)5-2-13/h1-11H,12H2/b21-10-. The number of fused-ring (bicyclic) bond motifs is 1. The maximum Gasteiger partial charge on any atom is 0.231 e. The number of hydrogen-bond donors (Lipinski definition) is 0. The fourth-order valence-electron chi connectivity index (χ4n) is 2.76. The molecule has 140 valence electrons. The number of ketones is 1. The van der Waals surface area contributed by atoms with E-state index in [1.165, 1.54) is 12.1 Å². The number of ether oxygens (including phenoxy) is 2. The van der Waals surface area contributed by atoms with Crippen LogP contribution in [0.5, 0.6) is 11.5 Å². The Labute approximate surface area is 170 Å². The summed E-state index contributed by atoms with van der Waals surface area (Å²) in [4.78, 5) is 12.5. The highest BCUT2D eigenvalue weighted by Crippen LogP contribution is 2.35. The van der Waals surface area contributed by atoms with Crippen molar-refractivity contribution in [2.24, 2.45) is 0 Å². The molecule has 0 amide bonds. The number of carbonyl (C=O) groups is 1. The van der Waals surface area contributed by atoms with Crippen molar-refractivity contribution in [1.82, 2.24) is 0 Å². The monoisotopic (exact) mass is 414 g/mol. The summed E-state index contributed by atoms with van der Waals surface area (Å²) in [6, 6.07) is 16.1. The van der Waals surface area contributed by atoms with Gasteiger partial charge >= 0.3 is 0 Å². The number of hydrogen-bond acceptors (Lipinski definition) is 3. The van der Waals surface area contributed by atoms with Gasteiger partial charge in [0.05, 0.1) is 15.6 Å². The average molecular weight is 415 g/mol. The van der Waals surface area contributed by atoms with Crippen LogP contribution in [0.2, 0.25) is 10.0 Å². The van der Waals surface area contributed by atoms with Crippen LogP contribution in [-0.2, 0) is 6.61 Å². The second kappa shape index (κ2) is 7.66. The van der Waals surface area contributed by atoms with Gasteiger partial charge in [-0.15, -0.1) is 0 Å². The van der Waals surface area contributed by atoms with Crippen LogP contribution in [0.3, 0.4) is 0 Å². The second-order valence-corrected chi connectivity index (χ2v) is 7.00. The molecule has 0 spiro atoms. The third-order valence-electron chi connectivity index (χ3n) is 4.20. The van der Waals surface area contributed by atoms with E-state index in [9.17, 15) is 9.18 Å². The smallest absolute Gasteiger partial charge is 0.231 e. The summed E-state index contributed by atoms with van der Waals surface area (Å²) in [5.74, 6) is 0.657. The Morgan fingerprint density at radius 1 is 0.964 bits per heavy atom. The lowest BCUT2D eigenvalue weighted by molar-refractivity contribution is 0.101. The van der Waals surface area contributed by atoms with Gasteiger partial charge in [-0.1, -0.05) is 41.4 Å². The molecule has 28 heavy (non-hydrogen) atoms. The highest BCUT2D eigenvalue weighted by atomic mass is 35.5. The molecule has 0 bridgehead atoms. The van der Waals surface area contributed by atoms with E-state index in [4.69, 9.17) is 32.7 Å². The highest BCUT2D eigenvalue weighted by Gasteiger charge is 2.27. The Morgan fingerprint density at radius 3 is 2.50 bits per heavy atom. The molecule has 3 aromatic carbocycles. The van der Waals surface area contributed by atoms with Gasteiger partial charge in [0.2, 0.25) is 5.78 Å². The van der Waals surface area contributed by atoms with Crippen LogP contribution in [0.4, 0.5) is 4.39 Å². The van der Waals surface area contributed by atoms with Gasteiger partial charge in [-0.3, -0.25) is 4.79 Å². The second-order valence-electron chi connectivity index (χ2n) is 6.19. The topological polar surface area (TPSA) is 35.5 Å². The molecular weight excluding hydrogens is 402 g/mol. The van der Waals surface area contributed by atoms with Crippen molar-refractivity contribution in [3.8, 4) is 11.5 Å². The number of halogens is 3. The lowest BCUT2D eigenvalue weighted by Crippen LogP contribution is -1.98. The molecule has 0 aromatic heterocycles. The van der Waals surface area contributed by atoms with E-state index in [0.717, 1.165) is 5.56 Å². The third-order valence-corrected chi connectivity index (χ3v) is 4.94. The molecule has 1 heterocycles. The molecule has 0 unspecified atom stereocenters. The molecule has 0 atom stereocenters. The van der Waals surface area contributed by atoms with Gasteiger partial charge in [0.25, 0.3) is 0 Å². The molecule has 4 rings (SSSR count). The summed E-state index contributed by atoms with van der Waals surface area (Å²) < 4.78 is 24.4. The van der Waals surface area contributed by atoms with E-state index in [-0.39, 0.29) is 24.0 Å². The Bertz CT molecular complexity index is 1090. The zero-order valence-electron chi connectivity index (χ0n) is 14.4.